The maximum atomic E-state index is 11.7. The van der Waals surface area contributed by atoms with Crippen LogP contribution in [0.3, 0.4) is 0 Å². The second-order valence-corrected chi connectivity index (χ2v) is 9.30. The Balaban J connectivity index is 1.27. The second-order valence-electron chi connectivity index (χ2n) is 8.30. The highest BCUT2D eigenvalue weighted by Gasteiger charge is 2.28. The molecule has 6 nitrogen and oxygen atoms in total. The average Bonchev–Trinajstić information content (AvgIpc) is 3.50. The van der Waals surface area contributed by atoms with Crippen LogP contribution >= 0.6 is 11.3 Å². The zero-order chi connectivity index (χ0) is 21.6. The molecule has 0 atom stereocenters. The van der Waals surface area contributed by atoms with Gasteiger partial charge >= 0.3 is 6.03 Å². The molecule has 1 aliphatic rings. The van der Waals surface area contributed by atoms with Gasteiger partial charge in [0, 0.05) is 31.7 Å². The van der Waals surface area contributed by atoms with E-state index < -0.39 is 0 Å². The van der Waals surface area contributed by atoms with E-state index in [1.54, 1.807) is 11.3 Å². The molecule has 0 bridgehead atoms. The lowest BCUT2D eigenvalue weighted by atomic mass is 10.2. The SMILES string of the molecule is CC(C)NC(=O)NCCCN(Cc1ccc(Oc2nc3ccccc3s2)cc1)C1CC1. The molecule has 1 saturated carbocycles. The van der Waals surface area contributed by atoms with Gasteiger partial charge in [-0.15, -0.1) is 0 Å². The lowest BCUT2D eigenvalue weighted by Gasteiger charge is -2.22. The Morgan fingerprint density at radius 1 is 1.19 bits per heavy atom. The summed E-state index contributed by atoms with van der Waals surface area (Å²) in [5.74, 6) is 0.807. The van der Waals surface area contributed by atoms with Gasteiger partial charge in [0.1, 0.15) is 5.75 Å². The first-order chi connectivity index (χ1) is 15.1. The quantitative estimate of drug-likeness (QED) is 0.430. The first kappa shape index (κ1) is 21.6. The highest BCUT2D eigenvalue weighted by Crippen LogP contribution is 2.32. The van der Waals surface area contributed by atoms with Crippen molar-refractivity contribution >= 4 is 27.6 Å². The molecule has 2 amide bonds. The van der Waals surface area contributed by atoms with Crippen LogP contribution in [-0.2, 0) is 6.54 Å². The summed E-state index contributed by atoms with van der Waals surface area (Å²) >= 11 is 1.56. The van der Waals surface area contributed by atoms with Crippen LogP contribution in [0, 0.1) is 0 Å². The smallest absolute Gasteiger partial charge is 0.314 e. The summed E-state index contributed by atoms with van der Waals surface area (Å²) in [6.45, 7) is 6.52. The van der Waals surface area contributed by atoms with Crippen LogP contribution in [0.15, 0.2) is 48.5 Å². The number of ether oxygens (including phenoxy) is 1. The molecule has 1 heterocycles. The van der Waals surface area contributed by atoms with Gasteiger partial charge in [0.05, 0.1) is 10.2 Å². The minimum atomic E-state index is -0.0864. The first-order valence-corrected chi connectivity index (χ1v) is 11.8. The maximum Gasteiger partial charge on any atom is 0.314 e. The number of rotatable bonds is 10. The number of nitrogens with zero attached hydrogens (tertiary/aromatic N) is 2. The molecule has 7 heteroatoms. The zero-order valence-electron chi connectivity index (χ0n) is 18.1. The largest absolute Gasteiger partial charge is 0.431 e. The van der Waals surface area contributed by atoms with Crippen molar-refractivity contribution in [3.05, 3.63) is 54.1 Å². The van der Waals surface area contributed by atoms with Gasteiger partial charge in [-0.3, -0.25) is 4.90 Å². The highest BCUT2D eigenvalue weighted by molar-refractivity contribution is 7.20. The Kier molecular flexibility index (Phi) is 7.04. The third-order valence-electron chi connectivity index (χ3n) is 5.18. The van der Waals surface area contributed by atoms with Crippen molar-refractivity contribution in [3.8, 4) is 10.9 Å². The van der Waals surface area contributed by atoms with Crippen molar-refractivity contribution in [1.29, 1.82) is 0 Å². The third kappa shape index (κ3) is 6.42. The number of nitrogens with one attached hydrogen (secondary N) is 2. The van der Waals surface area contributed by atoms with Crippen molar-refractivity contribution in [2.24, 2.45) is 0 Å². The Hall–Kier alpha value is -2.64. The van der Waals surface area contributed by atoms with Crippen molar-refractivity contribution < 1.29 is 9.53 Å². The molecule has 4 rings (SSSR count). The number of aromatic nitrogens is 1. The molecule has 0 spiro atoms. The molecule has 2 N–H and O–H groups in total. The minimum Gasteiger partial charge on any atom is -0.431 e. The summed E-state index contributed by atoms with van der Waals surface area (Å²) in [6, 6.07) is 17.1. The number of amides is 2. The van der Waals surface area contributed by atoms with E-state index in [1.165, 1.54) is 18.4 Å². The van der Waals surface area contributed by atoms with Crippen LogP contribution in [-0.4, -0.2) is 41.1 Å². The van der Waals surface area contributed by atoms with Gasteiger partial charge in [0.25, 0.3) is 5.19 Å². The Labute approximate surface area is 187 Å². The fourth-order valence-electron chi connectivity index (χ4n) is 3.52. The Morgan fingerprint density at radius 2 is 1.97 bits per heavy atom. The number of carbonyl (C=O) groups is 1. The van der Waals surface area contributed by atoms with Gasteiger partial charge in [0.15, 0.2) is 0 Å². The zero-order valence-corrected chi connectivity index (χ0v) is 19.0. The predicted molar refractivity (Wildman–Crippen MR) is 126 cm³/mol. The van der Waals surface area contributed by atoms with Crippen LogP contribution in [0.1, 0.15) is 38.7 Å². The van der Waals surface area contributed by atoms with Crippen molar-refractivity contribution in [1.82, 2.24) is 20.5 Å². The van der Waals surface area contributed by atoms with Crippen LogP contribution in [0.4, 0.5) is 4.79 Å². The van der Waals surface area contributed by atoms with E-state index in [-0.39, 0.29) is 12.1 Å². The summed E-state index contributed by atoms with van der Waals surface area (Å²) < 4.78 is 7.09. The summed E-state index contributed by atoms with van der Waals surface area (Å²) in [5, 5.41) is 6.46. The molecular weight excluding hydrogens is 408 g/mol. The number of para-hydroxylation sites is 1. The summed E-state index contributed by atoms with van der Waals surface area (Å²) in [7, 11) is 0. The van der Waals surface area contributed by atoms with Gasteiger partial charge in [-0.25, -0.2) is 9.78 Å². The third-order valence-corrected chi connectivity index (χ3v) is 6.09. The molecule has 2 aromatic carbocycles. The molecule has 164 valence electrons. The van der Waals surface area contributed by atoms with Gasteiger partial charge in [-0.05, 0) is 62.9 Å². The molecule has 1 aromatic heterocycles. The number of urea groups is 1. The summed E-state index contributed by atoms with van der Waals surface area (Å²) in [6.07, 6.45) is 3.47. The van der Waals surface area contributed by atoms with Crippen molar-refractivity contribution in [2.45, 2.75) is 51.7 Å². The number of benzene rings is 2. The molecule has 0 aliphatic heterocycles. The number of thiazole rings is 1. The lowest BCUT2D eigenvalue weighted by molar-refractivity contribution is 0.233. The van der Waals surface area contributed by atoms with Crippen LogP contribution < -0.4 is 15.4 Å². The van der Waals surface area contributed by atoms with Gasteiger partial charge in [-0.1, -0.05) is 35.6 Å². The van der Waals surface area contributed by atoms with E-state index >= 15 is 0 Å². The van der Waals surface area contributed by atoms with E-state index in [0.29, 0.717) is 17.8 Å². The fourth-order valence-corrected chi connectivity index (χ4v) is 4.36. The van der Waals surface area contributed by atoms with Gasteiger partial charge in [-0.2, -0.15) is 0 Å². The molecule has 1 fully saturated rings. The summed E-state index contributed by atoms with van der Waals surface area (Å²) in [5.41, 5.74) is 2.24. The monoisotopic (exact) mass is 438 g/mol. The number of fused-ring (bicyclic) bond motifs is 1. The van der Waals surface area contributed by atoms with Crippen molar-refractivity contribution in [2.75, 3.05) is 13.1 Å². The number of hydrogen-bond acceptors (Lipinski definition) is 5. The minimum absolute atomic E-state index is 0.0864. The second kappa shape index (κ2) is 10.1. The highest BCUT2D eigenvalue weighted by atomic mass is 32.1. The molecule has 1 aliphatic carbocycles. The van der Waals surface area contributed by atoms with E-state index in [0.717, 1.165) is 35.5 Å². The molecule has 31 heavy (non-hydrogen) atoms. The van der Waals surface area contributed by atoms with Crippen LogP contribution in [0.5, 0.6) is 10.9 Å². The lowest BCUT2D eigenvalue weighted by Crippen LogP contribution is -2.40. The van der Waals surface area contributed by atoms with Gasteiger partial charge < -0.3 is 15.4 Å². The summed E-state index contributed by atoms with van der Waals surface area (Å²) in [4.78, 5) is 18.8. The molecule has 0 radical (unpaired) electrons. The van der Waals surface area contributed by atoms with Crippen LogP contribution in [0.25, 0.3) is 10.2 Å². The van der Waals surface area contributed by atoms with Crippen molar-refractivity contribution in [3.63, 3.8) is 0 Å². The van der Waals surface area contributed by atoms with Crippen LogP contribution in [0.2, 0.25) is 0 Å². The van der Waals surface area contributed by atoms with E-state index in [9.17, 15) is 4.79 Å². The Bertz CT molecular complexity index is 965. The first-order valence-electron chi connectivity index (χ1n) is 11.0. The maximum absolute atomic E-state index is 11.7. The molecule has 0 saturated heterocycles. The fraction of sp³-hybridized carbons (Fsp3) is 0.417. The average molecular weight is 439 g/mol. The van der Waals surface area contributed by atoms with E-state index in [1.807, 2.05) is 44.2 Å². The van der Waals surface area contributed by atoms with Gasteiger partial charge in [0.2, 0.25) is 0 Å². The topological polar surface area (TPSA) is 66.5 Å². The standard InChI is InChI=1S/C24H30N4O2S/c1-17(2)26-23(29)25-14-5-15-28(19-10-11-19)16-18-8-12-20(13-9-18)30-24-27-21-6-3-4-7-22(21)31-24/h3-4,6-9,12-13,17,19H,5,10-11,14-16H2,1-2H3,(H2,25,26,29). The van der Waals surface area contributed by atoms with E-state index in [4.69, 9.17) is 4.74 Å². The molecule has 3 aromatic rings. The number of carbonyl (C=O) groups excluding carboxylic acids is 1. The molecular formula is C24H30N4O2S. The number of hydrogen-bond donors (Lipinski definition) is 2. The molecule has 0 unspecified atom stereocenters. The predicted octanol–water partition coefficient (Wildman–Crippen LogP) is 5.15. The van der Waals surface area contributed by atoms with E-state index in [2.05, 4.69) is 38.7 Å². The Morgan fingerprint density at radius 3 is 2.68 bits per heavy atom. The normalized spacial score (nSPS) is 13.7.